The van der Waals surface area contributed by atoms with Gasteiger partial charge in [0.15, 0.2) is 5.78 Å². The van der Waals surface area contributed by atoms with E-state index in [4.69, 9.17) is 0 Å². The smallest absolute Gasteiger partial charge is 0.251 e. The Balaban J connectivity index is 1.53. The summed E-state index contributed by atoms with van der Waals surface area (Å²) in [7, 11) is 0. The van der Waals surface area contributed by atoms with E-state index in [1.807, 2.05) is 49.4 Å². The average Bonchev–Trinajstić information content (AvgIpc) is 2.73. The molecule has 3 rings (SSSR count). The van der Waals surface area contributed by atoms with Crippen LogP contribution in [-0.4, -0.2) is 41.6 Å². The quantitative estimate of drug-likeness (QED) is 0.813. The molecular weight excluding hydrogens is 352 g/mol. The van der Waals surface area contributed by atoms with Gasteiger partial charge in [-0.3, -0.25) is 14.4 Å². The molecule has 2 amide bonds. The van der Waals surface area contributed by atoms with Gasteiger partial charge in [0.2, 0.25) is 5.91 Å². The Bertz CT molecular complexity index is 855. The van der Waals surface area contributed by atoms with Crippen LogP contribution < -0.4 is 5.32 Å². The number of Topliss-reactive ketones (excluding diaryl/α,β-unsaturated/α-hetero) is 1. The van der Waals surface area contributed by atoms with Crippen LogP contribution in [0.3, 0.4) is 0 Å². The third-order valence-corrected chi connectivity index (χ3v) is 5.23. The number of benzene rings is 2. The van der Waals surface area contributed by atoms with Gasteiger partial charge in [0.1, 0.15) is 6.04 Å². The molecule has 2 aromatic rings. The Morgan fingerprint density at radius 2 is 1.61 bits per heavy atom. The molecule has 1 aliphatic heterocycles. The predicted molar refractivity (Wildman–Crippen MR) is 108 cm³/mol. The second kappa shape index (κ2) is 8.83. The van der Waals surface area contributed by atoms with Crippen LogP contribution in [-0.2, 0) is 4.79 Å². The zero-order chi connectivity index (χ0) is 20.1. The van der Waals surface area contributed by atoms with E-state index in [1.54, 1.807) is 24.0 Å². The average molecular weight is 378 g/mol. The summed E-state index contributed by atoms with van der Waals surface area (Å²) in [6.07, 6.45) is 1.30. The maximum absolute atomic E-state index is 12.7. The summed E-state index contributed by atoms with van der Waals surface area (Å²) in [5, 5.41) is 2.78. The second-order valence-corrected chi connectivity index (χ2v) is 7.39. The number of rotatable bonds is 5. The van der Waals surface area contributed by atoms with Crippen molar-refractivity contribution in [3.63, 3.8) is 0 Å². The van der Waals surface area contributed by atoms with Gasteiger partial charge in [0.05, 0.1) is 0 Å². The number of hydrogen-bond acceptors (Lipinski definition) is 3. The molecule has 1 saturated heterocycles. The van der Waals surface area contributed by atoms with Crippen LogP contribution in [0.25, 0.3) is 0 Å². The van der Waals surface area contributed by atoms with Gasteiger partial charge >= 0.3 is 0 Å². The lowest BCUT2D eigenvalue weighted by molar-refractivity contribution is -0.134. The van der Waals surface area contributed by atoms with Gasteiger partial charge in [-0.15, -0.1) is 0 Å². The highest BCUT2D eigenvalue weighted by molar-refractivity contribution is 5.98. The van der Waals surface area contributed by atoms with Crippen molar-refractivity contribution >= 4 is 17.6 Å². The molecule has 0 unspecified atom stereocenters. The second-order valence-electron chi connectivity index (χ2n) is 7.39. The lowest BCUT2D eigenvalue weighted by Gasteiger charge is -2.33. The molecule has 1 atom stereocenters. The molecule has 0 saturated carbocycles. The molecule has 2 aromatic carbocycles. The molecule has 0 radical (unpaired) electrons. The third kappa shape index (κ3) is 4.66. The summed E-state index contributed by atoms with van der Waals surface area (Å²) >= 11 is 0. The number of carbonyl (C=O) groups is 3. The first kappa shape index (κ1) is 19.8. The van der Waals surface area contributed by atoms with Crippen LogP contribution in [0, 0.1) is 12.8 Å². The molecule has 0 spiro atoms. The first-order valence-electron chi connectivity index (χ1n) is 9.71. The van der Waals surface area contributed by atoms with Crippen LogP contribution >= 0.6 is 0 Å². The summed E-state index contributed by atoms with van der Waals surface area (Å²) in [6.45, 7) is 4.70. The van der Waals surface area contributed by atoms with E-state index in [0.717, 1.165) is 11.1 Å². The zero-order valence-electron chi connectivity index (χ0n) is 16.4. The molecule has 1 fully saturated rings. The molecule has 0 aromatic heterocycles. The van der Waals surface area contributed by atoms with Crippen molar-refractivity contribution in [1.29, 1.82) is 0 Å². The van der Waals surface area contributed by atoms with E-state index in [0.29, 0.717) is 31.5 Å². The maximum atomic E-state index is 12.7. The predicted octanol–water partition coefficient (Wildman–Crippen LogP) is 3.23. The molecule has 0 bridgehead atoms. The normalized spacial score (nSPS) is 15.7. The minimum atomic E-state index is -0.602. The number of amides is 2. The van der Waals surface area contributed by atoms with Crippen molar-refractivity contribution in [2.45, 2.75) is 32.7 Å². The van der Waals surface area contributed by atoms with Crippen molar-refractivity contribution in [2.24, 2.45) is 5.92 Å². The number of carbonyl (C=O) groups excluding carboxylic acids is 3. The number of piperidine rings is 1. The van der Waals surface area contributed by atoms with Crippen LogP contribution in [0.1, 0.15) is 46.0 Å². The Morgan fingerprint density at radius 3 is 2.25 bits per heavy atom. The number of nitrogens with zero attached hydrogens (tertiary/aromatic N) is 1. The minimum absolute atomic E-state index is 0.0522. The number of hydrogen-bond donors (Lipinski definition) is 1. The van der Waals surface area contributed by atoms with Gasteiger partial charge in [-0.1, -0.05) is 48.0 Å². The van der Waals surface area contributed by atoms with E-state index < -0.39 is 6.04 Å². The van der Waals surface area contributed by atoms with Crippen molar-refractivity contribution in [3.05, 3.63) is 71.3 Å². The van der Waals surface area contributed by atoms with Crippen molar-refractivity contribution in [2.75, 3.05) is 13.1 Å². The number of nitrogens with one attached hydrogen (secondary N) is 1. The summed E-state index contributed by atoms with van der Waals surface area (Å²) in [5.41, 5.74) is 2.27. The highest BCUT2D eigenvalue weighted by Crippen LogP contribution is 2.22. The van der Waals surface area contributed by atoms with Gasteiger partial charge in [0.25, 0.3) is 5.91 Å². The van der Waals surface area contributed by atoms with E-state index in [9.17, 15) is 14.4 Å². The fourth-order valence-electron chi connectivity index (χ4n) is 3.60. The summed E-state index contributed by atoms with van der Waals surface area (Å²) < 4.78 is 0. The summed E-state index contributed by atoms with van der Waals surface area (Å²) in [5.74, 6) is -0.262. The summed E-state index contributed by atoms with van der Waals surface area (Å²) in [4.78, 5) is 39.4. The van der Waals surface area contributed by atoms with Crippen LogP contribution in [0.2, 0.25) is 0 Å². The van der Waals surface area contributed by atoms with Crippen LogP contribution in [0.4, 0.5) is 0 Å². The molecule has 28 heavy (non-hydrogen) atoms. The molecule has 5 nitrogen and oxygen atoms in total. The molecule has 1 N–H and O–H groups in total. The third-order valence-electron chi connectivity index (χ3n) is 5.23. The molecule has 1 aliphatic rings. The standard InChI is InChI=1S/C23H26N2O3/c1-16-7-6-10-20(15-16)22(27)24-17(2)23(28)25-13-11-19(12-14-25)21(26)18-8-4-3-5-9-18/h3-10,15,17,19H,11-14H2,1-2H3,(H,24,27)/t17-/m0/s1. The Labute approximate surface area is 165 Å². The SMILES string of the molecule is Cc1cccc(C(=O)N[C@@H](C)C(=O)N2CCC(C(=O)c3ccccc3)CC2)c1. The number of aryl methyl sites for hydroxylation is 1. The Hall–Kier alpha value is -2.95. The summed E-state index contributed by atoms with van der Waals surface area (Å²) in [6, 6.07) is 16.0. The van der Waals surface area contributed by atoms with Gasteiger partial charge in [-0.2, -0.15) is 0 Å². The van der Waals surface area contributed by atoms with Gasteiger partial charge in [-0.25, -0.2) is 0 Å². The fraction of sp³-hybridized carbons (Fsp3) is 0.348. The van der Waals surface area contributed by atoms with Crippen LogP contribution in [0.15, 0.2) is 54.6 Å². The highest BCUT2D eigenvalue weighted by Gasteiger charge is 2.30. The van der Waals surface area contributed by atoms with E-state index in [1.165, 1.54) is 0 Å². The van der Waals surface area contributed by atoms with Gasteiger partial charge in [0, 0.05) is 30.1 Å². The zero-order valence-corrected chi connectivity index (χ0v) is 16.4. The fourth-order valence-corrected chi connectivity index (χ4v) is 3.60. The van der Waals surface area contributed by atoms with Gasteiger partial charge in [-0.05, 0) is 38.8 Å². The van der Waals surface area contributed by atoms with Crippen molar-refractivity contribution in [1.82, 2.24) is 10.2 Å². The largest absolute Gasteiger partial charge is 0.341 e. The van der Waals surface area contributed by atoms with E-state index >= 15 is 0 Å². The van der Waals surface area contributed by atoms with Crippen molar-refractivity contribution in [3.8, 4) is 0 Å². The molecule has 0 aliphatic carbocycles. The molecule has 5 heteroatoms. The maximum Gasteiger partial charge on any atom is 0.251 e. The van der Waals surface area contributed by atoms with Crippen molar-refractivity contribution < 1.29 is 14.4 Å². The first-order chi connectivity index (χ1) is 13.5. The first-order valence-corrected chi connectivity index (χ1v) is 9.71. The minimum Gasteiger partial charge on any atom is -0.341 e. The molecular formula is C23H26N2O3. The monoisotopic (exact) mass is 378 g/mol. The Kier molecular flexibility index (Phi) is 6.24. The van der Waals surface area contributed by atoms with E-state index in [-0.39, 0.29) is 23.5 Å². The Morgan fingerprint density at radius 1 is 0.964 bits per heavy atom. The number of ketones is 1. The molecule has 146 valence electrons. The van der Waals surface area contributed by atoms with Crippen LogP contribution in [0.5, 0.6) is 0 Å². The molecule has 1 heterocycles. The number of likely N-dealkylation sites (tertiary alicyclic amines) is 1. The lowest BCUT2D eigenvalue weighted by atomic mass is 9.88. The topological polar surface area (TPSA) is 66.5 Å². The highest BCUT2D eigenvalue weighted by atomic mass is 16.2. The van der Waals surface area contributed by atoms with Gasteiger partial charge < -0.3 is 10.2 Å². The lowest BCUT2D eigenvalue weighted by Crippen LogP contribution is -2.49. The van der Waals surface area contributed by atoms with E-state index in [2.05, 4.69) is 5.32 Å².